The predicted molar refractivity (Wildman–Crippen MR) is 118 cm³/mol. The summed E-state index contributed by atoms with van der Waals surface area (Å²) in [6, 6.07) is 12.9. The highest BCUT2D eigenvalue weighted by atomic mass is 16.5. The fourth-order valence-corrected chi connectivity index (χ4v) is 3.57. The number of nitrogens with zero attached hydrogens (tertiary/aromatic N) is 2. The third kappa shape index (κ3) is 4.67. The van der Waals surface area contributed by atoms with Gasteiger partial charge in [0.2, 0.25) is 5.91 Å². The van der Waals surface area contributed by atoms with Crippen LogP contribution in [0.3, 0.4) is 0 Å². The molecule has 1 aliphatic rings. The molecule has 0 spiro atoms. The first-order chi connectivity index (χ1) is 14.4. The summed E-state index contributed by atoms with van der Waals surface area (Å²) in [6.45, 7) is 6.90. The summed E-state index contributed by atoms with van der Waals surface area (Å²) in [4.78, 5) is 29.1. The van der Waals surface area contributed by atoms with Crippen LogP contribution in [0.15, 0.2) is 42.5 Å². The summed E-state index contributed by atoms with van der Waals surface area (Å²) in [5.41, 5.74) is 2.11. The Morgan fingerprint density at radius 2 is 1.47 bits per heavy atom. The normalized spacial score (nSPS) is 13.9. The highest BCUT2D eigenvalue weighted by Gasteiger charge is 2.23. The summed E-state index contributed by atoms with van der Waals surface area (Å²) in [7, 11) is 3.05. The summed E-state index contributed by atoms with van der Waals surface area (Å²) in [6.07, 6.45) is 0. The zero-order valence-corrected chi connectivity index (χ0v) is 18.0. The molecule has 0 radical (unpaired) electrons. The van der Waals surface area contributed by atoms with E-state index in [-0.39, 0.29) is 17.7 Å². The van der Waals surface area contributed by atoms with Crippen molar-refractivity contribution in [3.63, 3.8) is 0 Å². The Morgan fingerprint density at radius 1 is 0.900 bits per heavy atom. The van der Waals surface area contributed by atoms with E-state index in [2.05, 4.69) is 10.2 Å². The molecule has 0 aromatic heterocycles. The number of amides is 2. The van der Waals surface area contributed by atoms with Crippen LogP contribution in [0.2, 0.25) is 0 Å². The third-order valence-corrected chi connectivity index (χ3v) is 5.23. The molecule has 1 aliphatic heterocycles. The second kappa shape index (κ2) is 9.52. The number of piperazine rings is 1. The molecule has 2 aromatic carbocycles. The van der Waals surface area contributed by atoms with E-state index >= 15 is 0 Å². The van der Waals surface area contributed by atoms with Crippen molar-refractivity contribution in [3.8, 4) is 11.5 Å². The molecule has 0 bridgehead atoms. The molecule has 3 rings (SSSR count). The van der Waals surface area contributed by atoms with Crippen LogP contribution in [0.5, 0.6) is 11.5 Å². The van der Waals surface area contributed by atoms with Crippen LogP contribution in [-0.4, -0.2) is 57.1 Å². The molecule has 160 valence electrons. The molecule has 0 aliphatic carbocycles. The van der Waals surface area contributed by atoms with Crippen LogP contribution in [-0.2, 0) is 4.79 Å². The van der Waals surface area contributed by atoms with Gasteiger partial charge < -0.3 is 24.6 Å². The van der Waals surface area contributed by atoms with Crippen molar-refractivity contribution in [1.29, 1.82) is 0 Å². The second-order valence-electron chi connectivity index (χ2n) is 7.51. The van der Waals surface area contributed by atoms with Gasteiger partial charge >= 0.3 is 0 Å². The SMILES string of the molecule is COc1cccc(OC)c1C(=O)Nc1ccc(N2CCN(C(=O)C(C)C)CC2)cc1. The molecule has 7 nitrogen and oxygen atoms in total. The lowest BCUT2D eigenvalue weighted by atomic mass is 10.1. The average molecular weight is 412 g/mol. The van der Waals surface area contributed by atoms with E-state index in [4.69, 9.17) is 9.47 Å². The Kier molecular flexibility index (Phi) is 6.82. The van der Waals surface area contributed by atoms with Crippen molar-refractivity contribution in [1.82, 2.24) is 4.90 Å². The van der Waals surface area contributed by atoms with Crippen LogP contribution < -0.4 is 19.7 Å². The van der Waals surface area contributed by atoms with Gasteiger partial charge in [0.1, 0.15) is 17.1 Å². The fourth-order valence-electron chi connectivity index (χ4n) is 3.57. The van der Waals surface area contributed by atoms with Gasteiger partial charge in [-0.25, -0.2) is 0 Å². The molecule has 0 saturated carbocycles. The lowest BCUT2D eigenvalue weighted by molar-refractivity contribution is -0.134. The molecule has 7 heteroatoms. The first-order valence-corrected chi connectivity index (χ1v) is 10.1. The smallest absolute Gasteiger partial charge is 0.263 e. The Bertz CT molecular complexity index is 866. The van der Waals surface area contributed by atoms with Crippen molar-refractivity contribution in [2.24, 2.45) is 5.92 Å². The highest BCUT2D eigenvalue weighted by molar-refractivity contribution is 6.08. The number of rotatable bonds is 6. The largest absolute Gasteiger partial charge is 0.496 e. The van der Waals surface area contributed by atoms with E-state index in [0.29, 0.717) is 22.7 Å². The molecular weight excluding hydrogens is 382 g/mol. The van der Waals surface area contributed by atoms with E-state index in [9.17, 15) is 9.59 Å². The number of hydrogen-bond acceptors (Lipinski definition) is 5. The fraction of sp³-hybridized carbons (Fsp3) is 0.391. The maximum absolute atomic E-state index is 12.8. The van der Waals surface area contributed by atoms with Crippen molar-refractivity contribution in [2.75, 3.05) is 50.6 Å². The zero-order chi connectivity index (χ0) is 21.7. The summed E-state index contributed by atoms with van der Waals surface area (Å²) in [5.74, 6) is 0.855. The second-order valence-corrected chi connectivity index (χ2v) is 7.51. The van der Waals surface area contributed by atoms with Gasteiger partial charge in [0.25, 0.3) is 5.91 Å². The summed E-state index contributed by atoms with van der Waals surface area (Å²) >= 11 is 0. The standard InChI is InChI=1S/C23H29N3O4/c1-16(2)23(28)26-14-12-25(13-15-26)18-10-8-17(9-11-18)24-22(27)21-19(29-3)6-5-7-20(21)30-4/h5-11,16H,12-15H2,1-4H3,(H,24,27). The van der Waals surface area contributed by atoms with Gasteiger partial charge in [-0.1, -0.05) is 19.9 Å². The average Bonchev–Trinajstić information content (AvgIpc) is 2.78. The van der Waals surface area contributed by atoms with Crippen LogP contribution >= 0.6 is 0 Å². The van der Waals surface area contributed by atoms with Gasteiger partial charge in [0.05, 0.1) is 14.2 Å². The van der Waals surface area contributed by atoms with Crippen LogP contribution in [0.25, 0.3) is 0 Å². The van der Waals surface area contributed by atoms with Gasteiger partial charge in [-0.05, 0) is 36.4 Å². The summed E-state index contributed by atoms with van der Waals surface area (Å²) < 4.78 is 10.6. The molecule has 30 heavy (non-hydrogen) atoms. The maximum atomic E-state index is 12.8. The molecule has 0 atom stereocenters. The molecule has 0 unspecified atom stereocenters. The zero-order valence-electron chi connectivity index (χ0n) is 18.0. The number of carbonyl (C=O) groups excluding carboxylic acids is 2. The van der Waals surface area contributed by atoms with E-state index in [1.165, 1.54) is 14.2 Å². The Balaban J connectivity index is 1.65. The monoisotopic (exact) mass is 411 g/mol. The van der Waals surface area contributed by atoms with Gasteiger partial charge in [0.15, 0.2) is 0 Å². The Labute approximate surface area is 177 Å². The third-order valence-electron chi connectivity index (χ3n) is 5.23. The van der Waals surface area contributed by atoms with Crippen molar-refractivity contribution >= 4 is 23.2 Å². The number of hydrogen-bond donors (Lipinski definition) is 1. The van der Waals surface area contributed by atoms with E-state index in [0.717, 1.165) is 31.9 Å². The highest BCUT2D eigenvalue weighted by Crippen LogP contribution is 2.29. The maximum Gasteiger partial charge on any atom is 0.263 e. The number of carbonyl (C=O) groups is 2. The number of ether oxygens (including phenoxy) is 2. The number of benzene rings is 2. The Morgan fingerprint density at radius 3 is 1.97 bits per heavy atom. The van der Waals surface area contributed by atoms with E-state index in [1.54, 1.807) is 18.2 Å². The molecule has 1 heterocycles. The van der Waals surface area contributed by atoms with Crippen molar-refractivity contribution in [3.05, 3.63) is 48.0 Å². The molecular formula is C23H29N3O4. The molecule has 2 aromatic rings. The number of methoxy groups -OCH3 is 2. The minimum absolute atomic E-state index is 0.0290. The Hall–Kier alpha value is -3.22. The van der Waals surface area contributed by atoms with E-state index < -0.39 is 0 Å². The van der Waals surface area contributed by atoms with Gasteiger partial charge in [0, 0.05) is 43.5 Å². The molecule has 1 fully saturated rings. The summed E-state index contributed by atoms with van der Waals surface area (Å²) in [5, 5.41) is 2.90. The number of nitrogens with one attached hydrogen (secondary N) is 1. The van der Waals surface area contributed by atoms with Crippen LogP contribution in [0.1, 0.15) is 24.2 Å². The first-order valence-electron chi connectivity index (χ1n) is 10.1. The lowest BCUT2D eigenvalue weighted by Crippen LogP contribution is -2.49. The van der Waals surface area contributed by atoms with Gasteiger partial charge in [-0.15, -0.1) is 0 Å². The minimum Gasteiger partial charge on any atom is -0.496 e. The minimum atomic E-state index is -0.294. The quantitative estimate of drug-likeness (QED) is 0.790. The molecule has 2 amide bonds. The van der Waals surface area contributed by atoms with Gasteiger partial charge in [-0.2, -0.15) is 0 Å². The number of anilines is 2. The first kappa shape index (κ1) is 21.5. The van der Waals surface area contributed by atoms with E-state index in [1.807, 2.05) is 43.0 Å². The molecule has 1 N–H and O–H groups in total. The van der Waals surface area contributed by atoms with Crippen molar-refractivity contribution < 1.29 is 19.1 Å². The van der Waals surface area contributed by atoms with Crippen molar-refractivity contribution in [2.45, 2.75) is 13.8 Å². The van der Waals surface area contributed by atoms with Crippen LogP contribution in [0, 0.1) is 5.92 Å². The van der Waals surface area contributed by atoms with Gasteiger partial charge in [-0.3, -0.25) is 9.59 Å². The predicted octanol–water partition coefficient (Wildman–Crippen LogP) is 3.26. The topological polar surface area (TPSA) is 71.1 Å². The van der Waals surface area contributed by atoms with Crippen LogP contribution in [0.4, 0.5) is 11.4 Å². The lowest BCUT2D eigenvalue weighted by Gasteiger charge is -2.37. The molecule has 1 saturated heterocycles.